The van der Waals surface area contributed by atoms with Crippen molar-refractivity contribution in [1.29, 1.82) is 0 Å². The van der Waals surface area contributed by atoms with Crippen LogP contribution in [-0.2, 0) is 16.1 Å². The summed E-state index contributed by atoms with van der Waals surface area (Å²) in [6.45, 7) is 1.79. The molecule has 8 heteroatoms. The van der Waals surface area contributed by atoms with E-state index in [1.54, 1.807) is 6.07 Å². The van der Waals surface area contributed by atoms with Crippen LogP contribution in [0.2, 0.25) is 0 Å². The van der Waals surface area contributed by atoms with Crippen molar-refractivity contribution in [3.05, 3.63) is 60.2 Å². The summed E-state index contributed by atoms with van der Waals surface area (Å²) >= 11 is 0. The van der Waals surface area contributed by atoms with Crippen LogP contribution < -0.4 is 21.7 Å². The lowest BCUT2D eigenvalue weighted by Crippen LogP contribution is -2.48. The minimum absolute atomic E-state index is 0. The molecule has 2 aromatic carbocycles. The molecule has 0 spiro atoms. The van der Waals surface area contributed by atoms with Gasteiger partial charge in [0, 0.05) is 37.7 Å². The molecule has 1 fully saturated rings. The maximum Gasteiger partial charge on any atom is 0.323 e. The van der Waals surface area contributed by atoms with E-state index in [4.69, 9.17) is 10.5 Å². The van der Waals surface area contributed by atoms with E-state index < -0.39 is 5.41 Å². The van der Waals surface area contributed by atoms with Crippen molar-refractivity contribution in [2.45, 2.75) is 19.4 Å². The lowest BCUT2D eigenvalue weighted by atomic mass is 9.79. The Balaban J connectivity index is 0.00000300. The molecule has 0 radical (unpaired) electrons. The van der Waals surface area contributed by atoms with E-state index in [0.717, 1.165) is 5.56 Å². The zero-order chi connectivity index (χ0) is 19.8. The van der Waals surface area contributed by atoms with Gasteiger partial charge >= 0.3 is 6.03 Å². The molecule has 3 rings (SSSR count). The van der Waals surface area contributed by atoms with Crippen LogP contribution in [0.5, 0.6) is 0 Å². The van der Waals surface area contributed by atoms with E-state index in [9.17, 15) is 9.59 Å². The fourth-order valence-corrected chi connectivity index (χ4v) is 3.23. The number of carbonyl (C=O) groups is 2. The molecule has 1 heterocycles. The average Bonchev–Trinajstić information content (AvgIpc) is 2.73. The molecule has 1 aliphatic heterocycles. The number of anilines is 2. The van der Waals surface area contributed by atoms with Gasteiger partial charge in [-0.25, -0.2) is 4.79 Å². The molecule has 0 saturated carbocycles. The van der Waals surface area contributed by atoms with Crippen LogP contribution >= 0.6 is 12.4 Å². The first-order valence-corrected chi connectivity index (χ1v) is 9.39. The number of para-hydroxylation sites is 1. The maximum atomic E-state index is 12.7. The van der Waals surface area contributed by atoms with Crippen molar-refractivity contribution in [3.8, 4) is 0 Å². The number of hydrogen-bond acceptors (Lipinski definition) is 4. The van der Waals surface area contributed by atoms with Crippen molar-refractivity contribution in [2.24, 2.45) is 11.1 Å². The Morgan fingerprint density at radius 1 is 0.966 bits per heavy atom. The minimum Gasteiger partial charge on any atom is -0.381 e. The highest BCUT2D eigenvalue weighted by atomic mass is 35.5. The molecule has 0 unspecified atom stereocenters. The van der Waals surface area contributed by atoms with Crippen LogP contribution in [0.1, 0.15) is 18.4 Å². The zero-order valence-corrected chi connectivity index (χ0v) is 17.0. The summed E-state index contributed by atoms with van der Waals surface area (Å²) in [5, 5.41) is 8.55. The molecule has 0 aliphatic carbocycles. The van der Waals surface area contributed by atoms with Gasteiger partial charge in [-0.05, 0) is 42.7 Å². The number of hydrogen-bond donors (Lipinski definition) is 4. The fourth-order valence-electron chi connectivity index (χ4n) is 3.23. The van der Waals surface area contributed by atoms with E-state index in [1.807, 2.05) is 48.5 Å². The normalized spacial score (nSPS) is 14.9. The number of amides is 3. The number of urea groups is 1. The van der Waals surface area contributed by atoms with Crippen LogP contribution in [0.3, 0.4) is 0 Å². The first-order chi connectivity index (χ1) is 13.6. The van der Waals surface area contributed by atoms with Gasteiger partial charge in [0.25, 0.3) is 0 Å². The monoisotopic (exact) mass is 418 g/mol. The van der Waals surface area contributed by atoms with Crippen LogP contribution in [0.4, 0.5) is 16.2 Å². The van der Waals surface area contributed by atoms with Gasteiger partial charge in [0.1, 0.15) is 0 Å². The number of halogens is 1. The summed E-state index contributed by atoms with van der Waals surface area (Å²) in [5.74, 6) is -0.0431. The highest BCUT2D eigenvalue weighted by Crippen LogP contribution is 2.29. The number of ether oxygens (including phenoxy) is 1. The molecule has 3 amide bonds. The quantitative estimate of drug-likeness (QED) is 0.578. The second-order valence-electron chi connectivity index (χ2n) is 6.93. The van der Waals surface area contributed by atoms with Gasteiger partial charge in [0.15, 0.2) is 0 Å². The molecular weight excluding hydrogens is 392 g/mol. The SMILES string of the molecule is Cl.NCC1(C(=O)NCc2cccc(NC(=O)Nc3ccccc3)c2)CCOCC1. The standard InChI is InChI=1S/C21H26N4O3.ClH/c22-15-21(9-11-28-12-10-21)19(26)23-14-16-5-4-8-18(13-16)25-20(27)24-17-6-2-1-3-7-17;/h1-8,13H,9-12,14-15,22H2,(H,23,26)(H2,24,25,27);1H. The van der Waals surface area contributed by atoms with E-state index in [0.29, 0.717) is 50.5 Å². The van der Waals surface area contributed by atoms with E-state index in [-0.39, 0.29) is 24.3 Å². The molecule has 7 nitrogen and oxygen atoms in total. The van der Waals surface area contributed by atoms with E-state index in [2.05, 4.69) is 16.0 Å². The van der Waals surface area contributed by atoms with E-state index >= 15 is 0 Å². The van der Waals surface area contributed by atoms with Crippen molar-refractivity contribution < 1.29 is 14.3 Å². The third-order valence-electron chi connectivity index (χ3n) is 4.99. The molecule has 2 aromatic rings. The van der Waals surface area contributed by atoms with Crippen molar-refractivity contribution in [3.63, 3.8) is 0 Å². The highest BCUT2D eigenvalue weighted by molar-refractivity contribution is 5.99. The van der Waals surface area contributed by atoms with Gasteiger partial charge in [0.05, 0.1) is 5.41 Å². The van der Waals surface area contributed by atoms with Crippen LogP contribution in [-0.4, -0.2) is 31.7 Å². The van der Waals surface area contributed by atoms with Crippen molar-refractivity contribution >= 4 is 35.7 Å². The summed E-state index contributed by atoms with van der Waals surface area (Å²) < 4.78 is 5.35. The predicted molar refractivity (Wildman–Crippen MR) is 116 cm³/mol. The molecule has 0 aromatic heterocycles. The lowest BCUT2D eigenvalue weighted by molar-refractivity contribution is -0.136. The minimum atomic E-state index is -0.552. The van der Waals surface area contributed by atoms with Gasteiger partial charge in [-0.1, -0.05) is 30.3 Å². The van der Waals surface area contributed by atoms with Gasteiger partial charge in [-0.2, -0.15) is 0 Å². The average molecular weight is 419 g/mol. The van der Waals surface area contributed by atoms with Gasteiger partial charge in [0.2, 0.25) is 5.91 Å². The summed E-state index contributed by atoms with van der Waals surface area (Å²) in [6, 6.07) is 16.3. The Hall–Kier alpha value is -2.61. The lowest BCUT2D eigenvalue weighted by Gasteiger charge is -2.34. The van der Waals surface area contributed by atoms with Crippen LogP contribution in [0.15, 0.2) is 54.6 Å². The number of benzene rings is 2. The Morgan fingerprint density at radius 2 is 1.62 bits per heavy atom. The number of rotatable bonds is 6. The maximum absolute atomic E-state index is 12.7. The Labute approximate surface area is 176 Å². The van der Waals surface area contributed by atoms with Crippen molar-refractivity contribution in [1.82, 2.24) is 5.32 Å². The summed E-state index contributed by atoms with van der Waals surface area (Å²) in [4.78, 5) is 24.8. The van der Waals surface area contributed by atoms with Gasteiger partial charge in [-0.3, -0.25) is 4.79 Å². The number of carbonyl (C=O) groups excluding carboxylic acids is 2. The summed E-state index contributed by atoms with van der Waals surface area (Å²) in [7, 11) is 0. The predicted octanol–water partition coefficient (Wildman–Crippen LogP) is 3.12. The van der Waals surface area contributed by atoms with Crippen molar-refractivity contribution in [2.75, 3.05) is 30.4 Å². The Bertz CT molecular complexity index is 811. The number of nitrogens with one attached hydrogen (secondary N) is 3. The van der Waals surface area contributed by atoms with E-state index in [1.165, 1.54) is 0 Å². The third kappa shape index (κ3) is 6.19. The summed E-state index contributed by atoms with van der Waals surface area (Å²) in [5.41, 5.74) is 7.59. The zero-order valence-electron chi connectivity index (χ0n) is 16.1. The molecule has 1 saturated heterocycles. The fraction of sp³-hybridized carbons (Fsp3) is 0.333. The smallest absolute Gasteiger partial charge is 0.323 e. The molecule has 5 N–H and O–H groups in total. The molecule has 0 atom stereocenters. The molecule has 1 aliphatic rings. The molecule has 0 bridgehead atoms. The van der Waals surface area contributed by atoms with Crippen LogP contribution in [0, 0.1) is 5.41 Å². The highest BCUT2D eigenvalue weighted by Gasteiger charge is 2.38. The Morgan fingerprint density at radius 3 is 2.31 bits per heavy atom. The Kier molecular flexibility index (Phi) is 8.45. The second-order valence-corrected chi connectivity index (χ2v) is 6.93. The second kappa shape index (κ2) is 10.8. The summed E-state index contributed by atoms with van der Waals surface area (Å²) in [6.07, 6.45) is 1.27. The largest absolute Gasteiger partial charge is 0.381 e. The molecule has 156 valence electrons. The number of nitrogens with two attached hydrogens (primary N) is 1. The first kappa shape index (κ1) is 22.7. The topological polar surface area (TPSA) is 105 Å². The first-order valence-electron chi connectivity index (χ1n) is 9.39. The van der Waals surface area contributed by atoms with Gasteiger partial charge < -0.3 is 26.4 Å². The molecule has 29 heavy (non-hydrogen) atoms. The van der Waals surface area contributed by atoms with Gasteiger partial charge in [-0.15, -0.1) is 12.4 Å². The molecular formula is C21H27ClN4O3. The van der Waals surface area contributed by atoms with Crippen LogP contribution in [0.25, 0.3) is 0 Å². The third-order valence-corrected chi connectivity index (χ3v) is 4.99.